The summed E-state index contributed by atoms with van der Waals surface area (Å²) in [5, 5.41) is 13.1. The third-order valence-electron chi connectivity index (χ3n) is 6.00. The Hall–Kier alpha value is -1.54. The highest BCUT2D eigenvalue weighted by Gasteiger charge is 2.56. The molecule has 0 amide bonds. The molecule has 30 heavy (non-hydrogen) atoms. The third-order valence-corrected chi connectivity index (χ3v) is 11.0. The molecule has 2 aliphatic rings. The van der Waals surface area contributed by atoms with Gasteiger partial charge in [0.05, 0.1) is 6.61 Å². The van der Waals surface area contributed by atoms with Gasteiger partial charge in [-0.15, -0.1) is 0 Å². The summed E-state index contributed by atoms with van der Waals surface area (Å²) in [6.07, 6.45) is -2.36. The summed E-state index contributed by atoms with van der Waals surface area (Å²) < 4.78 is 24.5. The minimum absolute atomic E-state index is 0.135. The molecule has 162 valence electrons. The van der Waals surface area contributed by atoms with Crippen molar-refractivity contribution >= 4 is 18.7 Å². The van der Waals surface area contributed by atoms with Crippen LogP contribution >= 0.6 is 0 Å². The Morgan fingerprint density at radius 2 is 1.47 bits per heavy atom. The second kappa shape index (κ2) is 7.86. The van der Waals surface area contributed by atoms with E-state index in [-0.39, 0.29) is 11.6 Å². The molecule has 1 N–H and O–H groups in total. The van der Waals surface area contributed by atoms with Crippen molar-refractivity contribution in [3.63, 3.8) is 0 Å². The van der Waals surface area contributed by atoms with Gasteiger partial charge in [-0.3, -0.25) is 0 Å². The maximum absolute atomic E-state index is 10.8. The van der Waals surface area contributed by atoms with Gasteiger partial charge in [-0.05, 0) is 29.3 Å². The lowest BCUT2D eigenvalue weighted by atomic mass is 10.1. The maximum atomic E-state index is 10.8. The number of benzene rings is 2. The van der Waals surface area contributed by atoms with Crippen molar-refractivity contribution in [1.82, 2.24) is 0 Å². The quantitative estimate of drug-likeness (QED) is 0.742. The second-order valence-corrected chi connectivity index (χ2v) is 13.9. The highest BCUT2D eigenvalue weighted by Crippen LogP contribution is 2.40. The highest BCUT2D eigenvalue weighted by molar-refractivity contribution is 6.99. The Balaban J connectivity index is 1.65. The summed E-state index contributed by atoms with van der Waals surface area (Å²) in [6, 6.07) is 20.9. The molecule has 2 fully saturated rings. The topological polar surface area (TPSA) is 57.2 Å². The highest BCUT2D eigenvalue weighted by atomic mass is 28.4. The molecular weight excluding hydrogens is 396 g/mol. The van der Waals surface area contributed by atoms with Crippen LogP contribution in [-0.2, 0) is 18.6 Å². The van der Waals surface area contributed by atoms with Crippen LogP contribution in [0.2, 0.25) is 5.04 Å². The van der Waals surface area contributed by atoms with Crippen LogP contribution in [0.5, 0.6) is 0 Å². The van der Waals surface area contributed by atoms with Gasteiger partial charge in [0, 0.05) is 0 Å². The molecule has 0 unspecified atom stereocenters. The number of hydrogen-bond donors (Lipinski definition) is 1. The average molecular weight is 429 g/mol. The molecule has 2 aromatic rings. The van der Waals surface area contributed by atoms with E-state index < -0.39 is 38.7 Å². The summed E-state index contributed by atoms with van der Waals surface area (Å²) >= 11 is 0. The lowest BCUT2D eigenvalue weighted by Gasteiger charge is -2.43. The minimum atomic E-state index is -2.68. The van der Waals surface area contributed by atoms with Crippen molar-refractivity contribution in [3.8, 4) is 0 Å². The van der Waals surface area contributed by atoms with E-state index in [1.54, 1.807) is 0 Å². The molecule has 2 saturated heterocycles. The van der Waals surface area contributed by atoms with Crippen LogP contribution in [0.15, 0.2) is 60.7 Å². The lowest BCUT2D eigenvalue weighted by Crippen LogP contribution is -2.67. The molecule has 4 atom stereocenters. The molecular formula is C24H32O5Si. The van der Waals surface area contributed by atoms with Gasteiger partial charge < -0.3 is 23.7 Å². The number of rotatable bonds is 5. The number of aliphatic hydroxyl groups excluding tert-OH is 1. The second-order valence-electron chi connectivity index (χ2n) is 9.61. The van der Waals surface area contributed by atoms with Gasteiger partial charge in [0.25, 0.3) is 8.32 Å². The Kier molecular flexibility index (Phi) is 5.68. The van der Waals surface area contributed by atoms with Crippen LogP contribution in [0.3, 0.4) is 0 Å². The Morgan fingerprint density at radius 3 is 1.93 bits per heavy atom. The van der Waals surface area contributed by atoms with E-state index in [0.717, 1.165) is 0 Å². The van der Waals surface area contributed by atoms with E-state index in [1.165, 1.54) is 10.4 Å². The van der Waals surface area contributed by atoms with Crippen molar-refractivity contribution in [1.29, 1.82) is 0 Å². The van der Waals surface area contributed by atoms with Crippen LogP contribution in [0, 0.1) is 0 Å². The molecule has 0 aliphatic carbocycles. The molecule has 0 spiro atoms. The zero-order chi connectivity index (χ0) is 21.6. The van der Waals surface area contributed by atoms with Crippen LogP contribution in [0.25, 0.3) is 0 Å². The van der Waals surface area contributed by atoms with Crippen molar-refractivity contribution in [2.45, 2.75) is 70.0 Å². The first-order chi connectivity index (χ1) is 14.1. The van der Waals surface area contributed by atoms with Crippen LogP contribution < -0.4 is 10.4 Å². The zero-order valence-electron chi connectivity index (χ0n) is 18.4. The van der Waals surface area contributed by atoms with Gasteiger partial charge in [-0.25, -0.2) is 0 Å². The van der Waals surface area contributed by atoms with Gasteiger partial charge in [0.15, 0.2) is 12.1 Å². The standard InChI is InChI=1S/C24H32O5Si/c1-23(2,3)30(17-12-8-6-9-13-17,18-14-10-7-11-15-18)26-16-19-20(25)21-22(27-19)29-24(4,5)28-21/h6-15,19-22,25H,16H2,1-5H3/t19-,20-,21+,22+/m1/s1. The van der Waals surface area contributed by atoms with Crippen molar-refractivity contribution in [2.24, 2.45) is 0 Å². The SMILES string of the molecule is CC1(C)O[C@@H]2O[C@H](CO[Si](c3ccccc3)(c3ccccc3)C(C)(C)C)[C@@H](O)[C@@H]2O1. The van der Waals surface area contributed by atoms with E-state index in [2.05, 4.69) is 69.3 Å². The fraction of sp³-hybridized carbons (Fsp3) is 0.500. The average Bonchev–Trinajstić information content (AvgIpc) is 3.15. The monoisotopic (exact) mass is 428 g/mol. The van der Waals surface area contributed by atoms with Gasteiger partial charge in [-0.2, -0.15) is 0 Å². The zero-order valence-corrected chi connectivity index (χ0v) is 19.4. The summed E-state index contributed by atoms with van der Waals surface area (Å²) in [5.41, 5.74) is 0. The summed E-state index contributed by atoms with van der Waals surface area (Å²) in [6.45, 7) is 10.6. The normalized spacial score (nSPS) is 28.5. The summed E-state index contributed by atoms with van der Waals surface area (Å²) in [7, 11) is -2.68. The maximum Gasteiger partial charge on any atom is 0.261 e. The molecule has 6 heteroatoms. The van der Waals surface area contributed by atoms with E-state index >= 15 is 0 Å². The molecule has 0 bridgehead atoms. The van der Waals surface area contributed by atoms with Gasteiger partial charge in [-0.1, -0.05) is 81.4 Å². The molecule has 2 aromatic carbocycles. The van der Waals surface area contributed by atoms with E-state index in [1.807, 2.05) is 26.0 Å². The Labute approximate surface area is 180 Å². The number of ether oxygens (including phenoxy) is 3. The van der Waals surface area contributed by atoms with Crippen molar-refractivity contribution in [2.75, 3.05) is 6.61 Å². The number of fused-ring (bicyclic) bond motifs is 1. The molecule has 0 radical (unpaired) electrons. The van der Waals surface area contributed by atoms with Gasteiger partial charge >= 0.3 is 0 Å². The van der Waals surface area contributed by atoms with Crippen molar-refractivity contribution in [3.05, 3.63) is 60.7 Å². The Morgan fingerprint density at radius 1 is 0.933 bits per heavy atom. The van der Waals surface area contributed by atoms with Crippen LogP contribution in [0.4, 0.5) is 0 Å². The van der Waals surface area contributed by atoms with E-state index in [9.17, 15) is 5.11 Å². The molecule has 0 aromatic heterocycles. The van der Waals surface area contributed by atoms with Gasteiger partial charge in [0.2, 0.25) is 0 Å². The number of hydrogen-bond acceptors (Lipinski definition) is 5. The fourth-order valence-corrected chi connectivity index (χ4v) is 9.23. The van der Waals surface area contributed by atoms with Gasteiger partial charge in [0.1, 0.15) is 18.3 Å². The summed E-state index contributed by atoms with van der Waals surface area (Å²) in [5.74, 6) is -0.750. The van der Waals surface area contributed by atoms with Crippen molar-refractivity contribution < 1.29 is 23.7 Å². The molecule has 2 aliphatic heterocycles. The largest absolute Gasteiger partial charge is 0.405 e. The summed E-state index contributed by atoms with van der Waals surface area (Å²) in [4.78, 5) is 0. The molecule has 5 nitrogen and oxygen atoms in total. The van der Waals surface area contributed by atoms with Crippen LogP contribution in [0.1, 0.15) is 34.6 Å². The third kappa shape index (κ3) is 3.77. The first kappa shape index (κ1) is 21.7. The molecule has 2 heterocycles. The van der Waals surface area contributed by atoms with E-state index in [4.69, 9.17) is 18.6 Å². The minimum Gasteiger partial charge on any atom is -0.405 e. The smallest absolute Gasteiger partial charge is 0.261 e. The van der Waals surface area contributed by atoms with Crippen LogP contribution in [-0.4, -0.2) is 50.4 Å². The first-order valence-electron chi connectivity index (χ1n) is 10.6. The van der Waals surface area contributed by atoms with E-state index in [0.29, 0.717) is 0 Å². The Bertz CT molecular complexity index is 809. The molecule has 4 rings (SSSR count). The first-order valence-corrected chi connectivity index (χ1v) is 12.5. The predicted octanol–water partition coefficient (Wildman–Crippen LogP) is 2.80. The lowest BCUT2D eigenvalue weighted by molar-refractivity contribution is -0.217. The predicted molar refractivity (Wildman–Crippen MR) is 118 cm³/mol. The fourth-order valence-electron chi connectivity index (χ4n) is 4.66. The molecule has 0 saturated carbocycles. The number of aliphatic hydroxyl groups is 1.